The summed E-state index contributed by atoms with van der Waals surface area (Å²) in [6, 6.07) is 0. The quantitative estimate of drug-likeness (QED) is 0.322. The third kappa shape index (κ3) is 4.24. The molecule has 0 aromatic carbocycles. The number of rotatable bonds is 5. The Morgan fingerprint density at radius 3 is 2.12 bits per heavy atom. The molecule has 6 heteroatoms. The molecular formula is C10H13NO4S. The second-order valence-electron chi connectivity index (χ2n) is 2.81. The molecule has 0 aliphatic heterocycles. The molecular weight excluding hydrogens is 230 g/mol. The Kier molecular flexibility index (Phi) is 5.41. The van der Waals surface area contributed by atoms with Crippen LogP contribution in [0.25, 0.3) is 0 Å². The van der Waals surface area contributed by atoms with Crippen molar-refractivity contribution in [2.24, 2.45) is 0 Å². The first-order chi connectivity index (χ1) is 7.36. The molecule has 2 N–H and O–H groups in total. The highest BCUT2D eigenvalue weighted by Crippen LogP contribution is 2.14. The maximum absolute atomic E-state index is 11.3. The number of sulfone groups is 1. The highest BCUT2D eigenvalue weighted by atomic mass is 32.2. The first kappa shape index (κ1) is 14.3. The molecule has 1 amide bonds. The van der Waals surface area contributed by atoms with Gasteiger partial charge in [-0.15, -0.1) is 0 Å². The summed E-state index contributed by atoms with van der Waals surface area (Å²) in [7, 11) is -3.44. The molecule has 0 rings (SSSR count). The molecule has 0 radical (unpaired) electrons. The van der Waals surface area contributed by atoms with Gasteiger partial charge >= 0.3 is 0 Å². The summed E-state index contributed by atoms with van der Waals surface area (Å²) in [5.41, 5.74) is 1.61. The number of allylic oxidation sites excluding steroid dienone is 4. The maximum Gasteiger partial charge on any atom is 0.267 e. The van der Waals surface area contributed by atoms with Gasteiger partial charge in [0.2, 0.25) is 0 Å². The van der Waals surface area contributed by atoms with Gasteiger partial charge in [-0.2, -0.15) is 0 Å². The molecule has 0 atom stereocenters. The highest BCUT2D eigenvalue weighted by molar-refractivity contribution is 7.94. The van der Waals surface area contributed by atoms with Gasteiger partial charge < -0.3 is 0 Å². The summed E-state index contributed by atoms with van der Waals surface area (Å²) in [5.74, 6) is -0.767. The van der Waals surface area contributed by atoms with Gasteiger partial charge in [0.15, 0.2) is 9.84 Å². The predicted octanol–water partition coefficient (Wildman–Crippen LogP) is 0.719. The average Bonchev–Trinajstić information content (AvgIpc) is 2.21. The van der Waals surface area contributed by atoms with Gasteiger partial charge in [0.25, 0.3) is 5.91 Å². The zero-order chi connectivity index (χ0) is 12.8. The highest BCUT2D eigenvalue weighted by Gasteiger charge is 2.10. The largest absolute Gasteiger partial charge is 0.288 e. The van der Waals surface area contributed by atoms with Crippen molar-refractivity contribution in [3.63, 3.8) is 0 Å². The molecule has 0 aliphatic rings. The van der Waals surface area contributed by atoms with E-state index in [1.807, 2.05) is 0 Å². The van der Waals surface area contributed by atoms with Crippen molar-refractivity contribution in [3.05, 3.63) is 47.9 Å². The lowest BCUT2D eigenvalue weighted by Gasteiger charge is -2.02. The van der Waals surface area contributed by atoms with Gasteiger partial charge in [-0.25, -0.2) is 13.9 Å². The molecule has 5 nitrogen and oxygen atoms in total. The molecule has 0 saturated carbocycles. The lowest BCUT2D eigenvalue weighted by Crippen LogP contribution is -2.15. The summed E-state index contributed by atoms with van der Waals surface area (Å²) < 4.78 is 22.6. The number of hydrogen-bond acceptors (Lipinski definition) is 4. The zero-order valence-electron chi connectivity index (χ0n) is 8.80. The van der Waals surface area contributed by atoms with E-state index in [4.69, 9.17) is 5.21 Å². The molecule has 0 aliphatic carbocycles. The van der Waals surface area contributed by atoms with Crippen LogP contribution in [0.5, 0.6) is 0 Å². The summed E-state index contributed by atoms with van der Waals surface area (Å²) in [4.78, 5) is 10.7. The zero-order valence-corrected chi connectivity index (χ0v) is 9.62. The third-order valence-corrected chi connectivity index (χ3v) is 2.82. The molecule has 0 spiro atoms. The van der Waals surface area contributed by atoms with Crippen molar-refractivity contribution >= 4 is 15.7 Å². The number of nitrogens with one attached hydrogen (secondary N) is 1. The smallest absolute Gasteiger partial charge is 0.267 e. The molecule has 0 aromatic heterocycles. The van der Waals surface area contributed by atoms with Crippen molar-refractivity contribution in [1.82, 2.24) is 5.48 Å². The Balaban J connectivity index is 5.48. The Morgan fingerprint density at radius 1 is 1.25 bits per heavy atom. The number of hydroxylamine groups is 1. The van der Waals surface area contributed by atoms with E-state index in [0.717, 1.165) is 18.4 Å². The number of hydrogen-bond donors (Lipinski definition) is 2. The number of carbonyl (C=O) groups excluding carboxylic acids is 1. The van der Waals surface area contributed by atoms with Crippen molar-refractivity contribution in [2.45, 2.75) is 0 Å². The molecule has 88 valence electrons. The number of carbonyl (C=O) groups is 1. The van der Waals surface area contributed by atoms with Crippen LogP contribution in [0, 0.1) is 0 Å². The van der Waals surface area contributed by atoms with Crippen LogP contribution in [0.4, 0.5) is 0 Å². The molecule has 0 bridgehead atoms. The van der Waals surface area contributed by atoms with Crippen LogP contribution >= 0.6 is 0 Å². The molecule has 0 fully saturated rings. The second kappa shape index (κ2) is 6.04. The average molecular weight is 243 g/mol. The van der Waals surface area contributed by atoms with Crippen molar-refractivity contribution < 1.29 is 18.4 Å². The monoisotopic (exact) mass is 243 g/mol. The van der Waals surface area contributed by atoms with Crippen molar-refractivity contribution in [2.75, 3.05) is 6.26 Å². The Morgan fingerprint density at radius 2 is 1.81 bits per heavy atom. The van der Waals surface area contributed by atoms with E-state index >= 15 is 0 Å². The minimum absolute atomic E-state index is 0.0375. The van der Waals surface area contributed by atoms with E-state index in [0.29, 0.717) is 0 Å². The van der Waals surface area contributed by atoms with Crippen LogP contribution in [0.3, 0.4) is 0 Å². The molecule has 0 saturated heterocycles. The SMILES string of the molecule is C=CC(/C=C/C(=O)NO)=C(\C=C)S(C)(=O)=O. The summed E-state index contributed by atoms with van der Waals surface area (Å²) in [5, 5.41) is 8.24. The fraction of sp³-hybridized carbons (Fsp3) is 0.100. The van der Waals surface area contributed by atoms with Gasteiger partial charge in [0.05, 0.1) is 4.91 Å². The maximum atomic E-state index is 11.3. The van der Waals surface area contributed by atoms with Crippen LogP contribution in [0.1, 0.15) is 0 Å². The lowest BCUT2D eigenvalue weighted by atomic mass is 10.2. The Bertz CT molecular complexity index is 457. The molecule has 0 aromatic rings. The van der Waals surface area contributed by atoms with Gasteiger partial charge in [0, 0.05) is 12.3 Å². The Hall–Kier alpha value is -1.66. The minimum atomic E-state index is -3.44. The fourth-order valence-electron chi connectivity index (χ4n) is 0.937. The van der Waals surface area contributed by atoms with Crippen LogP contribution < -0.4 is 5.48 Å². The second-order valence-corrected chi connectivity index (χ2v) is 4.79. The van der Waals surface area contributed by atoms with Crippen molar-refractivity contribution in [3.8, 4) is 0 Å². The summed E-state index contributed by atoms with van der Waals surface area (Å²) >= 11 is 0. The normalized spacial score (nSPS) is 13.1. The minimum Gasteiger partial charge on any atom is -0.288 e. The fourth-order valence-corrected chi connectivity index (χ4v) is 1.82. The van der Waals surface area contributed by atoms with Crippen molar-refractivity contribution in [1.29, 1.82) is 0 Å². The van der Waals surface area contributed by atoms with E-state index in [2.05, 4.69) is 13.2 Å². The van der Waals surface area contributed by atoms with Crippen LogP contribution in [0.15, 0.2) is 47.9 Å². The van der Waals surface area contributed by atoms with Gasteiger partial charge in [0.1, 0.15) is 0 Å². The van der Waals surface area contributed by atoms with E-state index in [-0.39, 0.29) is 10.5 Å². The topological polar surface area (TPSA) is 83.5 Å². The predicted molar refractivity (Wildman–Crippen MR) is 61.3 cm³/mol. The molecule has 0 heterocycles. The third-order valence-electron chi connectivity index (χ3n) is 1.61. The van der Waals surface area contributed by atoms with E-state index in [1.54, 1.807) is 0 Å². The van der Waals surface area contributed by atoms with Crippen LogP contribution in [0.2, 0.25) is 0 Å². The van der Waals surface area contributed by atoms with Gasteiger partial charge in [-0.1, -0.05) is 25.3 Å². The summed E-state index contributed by atoms with van der Waals surface area (Å²) in [6.45, 7) is 6.81. The molecule has 0 unspecified atom stereocenters. The summed E-state index contributed by atoms with van der Waals surface area (Å²) in [6.07, 6.45) is 5.66. The van der Waals surface area contributed by atoms with E-state index < -0.39 is 15.7 Å². The van der Waals surface area contributed by atoms with Gasteiger partial charge in [-0.05, 0) is 11.6 Å². The lowest BCUT2D eigenvalue weighted by molar-refractivity contribution is -0.124. The van der Waals surface area contributed by atoms with Crippen LogP contribution in [-0.4, -0.2) is 25.8 Å². The first-order valence-electron chi connectivity index (χ1n) is 4.18. The van der Waals surface area contributed by atoms with Gasteiger partial charge in [-0.3, -0.25) is 10.0 Å². The number of amides is 1. The van der Waals surface area contributed by atoms with E-state index in [1.165, 1.54) is 17.6 Å². The van der Waals surface area contributed by atoms with E-state index in [9.17, 15) is 13.2 Å². The Labute approximate surface area is 94.4 Å². The van der Waals surface area contributed by atoms with Crippen LogP contribution in [-0.2, 0) is 14.6 Å². The molecule has 16 heavy (non-hydrogen) atoms. The standard InChI is InChI=1S/C10H13NO4S/c1-4-8(6-7-10(12)11-13)9(5-2)16(3,14)15/h4-7,13H,1-2H2,3H3,(H,11,12)/b7-6+,9-8-. The first-order valence-corrected chi connectivity index (χ1v) is 6.07.